The monoisotopic (exact) mass is 538 g/mol. The minimum absolute atomic E-state index is 0.135. The minimum Gasteiger partial charge on any atom is -0.490 e. The molecule has 0 aliphatic carbocycles. The molecule has 1 amide bonds. The number of ether oxygens (including phenoxy) is 2. The molecule has 0 unspecified atom stereocenters. The van der Waals surface area contributed by atoms with Crippen LogP contribution in [0.15, 0.2) is 94.8 Å². The van der Waals surface area contributed by atoms with E-state index in [1.165, 1.54) is 28.8 Å². The van der Waals surface area contributed by atoms with Crippen LogP contribution in [0.4, 0.5) is 5.69 Å². The van der Waals surface area contributed by atoms with E-state index in [1.54, 1.807) is 25.3 Å². The Morgan fingerprint density at radius 3 is 2.59 bits per heavy atom. The second kappa shape index (κ2) is 11.4. The van der Waals surface area contributed by atoms with Crippen LogP contribution in [0, 0.1) is 0 Å². The van der Waals surface area contributed by atoms with Gasteiger partial charge in [0.2, 0.25) is 0 Å². The molecule has 0 bridgehead atoms. The molecule has 1 aliphatic rings. The van der Waals surface area contributed by atoms with Crippen LogP contribution in [0.3, 0.4) is 0 Å². The van der Waals surface area contributed by atoms with Gasteiger partial charge in [0, 0.05) is 7.05 Å². The third-order valence-electron chi connectivity index (χ3n) is 6.15. The van der Waals surface area contributed by atoms with Gasteiger partial charge in [-0.05, 0) is 77.0 Å². The Morgan fingerprint density at radius 2 is 1.77 bits per heavy atom. The highest BCUT2D eigenvalue weighted by atomic mass is 32.2. The maximum Gasteiger partial charge on any atom is 0.335 e. The molecule has 1 fully saturated rings. The number of amides is 1. The molecule has 0 saturated carbocycles. The predicted octanol–water partition coefficient (Wildman–Crippen LogP) is 6.75. The van der Waals surface area contributed by atoms with Crippen LogP contribution in [0.5, 0.6) is 11.5 Å². The van der Waals surface area contributed by atoms with Crippen molar-refractivity contribution in [3.63, 3.8) is 0 Å². The highest BCUT2D eigenvalue weighted by Gasteiger charge is 2.30. The number of hydrogen-bond acceptors (Lipinski definition) is 6. The lowest BCUT2D eigenvalue weighted by molar-refractivity contribution is -0.121. The van der Waals surface area contributed by atoms with Crippen molar-refractivity contribution >= 4 is 51.3 Å². The molecule has 196 valence electrons. The minimum atomic E-state index is -1.03. The maximum absolute atomic E-state index is 12.9. The molecule has 5 rings (SSSR count). The number of nitrogens with zero attached hydrogens (tertiary/aromatic N) is 2. The van der Waals surface area contributed by atoms with Crippen molar-refractivity contribution in [3.8, 4) is 11.5 Å². The van der Waals surface area contributed by atoms with Gasteiger partial charge in [-0.3, -0.25) is 9.69 Å². The van der Waals surface area contributed by atoms with Gasteiger partial charge in [-0.2, -0.15) is 0 Å². The number of aliphatic imine (C=N–C) groups is 1. The van der Waals surface area contributed by atoms with Crippen molar-refractivity contribution in [1.29, 1.82) is 0 Å². The molecule has 0 aromatic heterocycles. The first-order valence-corrected chi connectivity index (χ1v) is 13.2. The van der Waals surface area contributed by atoms with Gasteiger partial charge in [-0.15, -0.1) is 0 Å². The molecule has 4 aromatic carbocycles. The summed E-state index contributed by atoms with van der Waals surface area (Å²) in [6.07, 6.45) is 1.79. The van der Waals surface area contributed by atoms with Crippen molar-refractivity contribution in [2.75, 3.05) is 13.7 Å². The number of carboxylic acids is 1. The second-order valence-electron chi connectivity index (χ2n) is 8.79. The highest BCUT2D eigenvalue weighted by Crippen LogP contribution is 2.36. The van der Waals surface area contributed by atoms with Gasteiger partial charge in [0.15, 0.2) is 16.7 Å². The van der Waals surface area contributed by atoms with E-state index in [0.29, 0.717) is 40.5 Å². The Balaban J connectivity index is 1.37. The fraction of sp³-hybridized carbons (Fsp3) is 0.129. The molecule has 7 nitrogen and oxygen atoms in total. The normalized spacial score (nSPS) is 15.3. The van der Waals surface area contributed by atoms with Crippen molar-refractivity contribution in [2.24, 2.45) is 4.99 Å². The lowest BCUT2D eigenvalue weighted by Gasteiger charge is -2.14. The number of likely N-dealkylation sites (N-methyl/N-ethyl adjacent to an activating group) is 1. The fourth-order valence-electron chi connectivity index (χ4n) is 4.20. The number of carboxylic acid groups (broad SMARTS) is 1. The summed E-state index contributed by atoms with van der Waals surface area (Å²) >= 11 is 1.23. The van der Waals surface area contributed by atoms with Crippen LogP contribution in [0.25, 0.3) is 16.8 Å². The summed E-state index contributed by atoms with van der Waals surface area (Å²) in [7, 11) is 1.64. The quantitative estimate of drug-likeness (QED) is 0.250. The first-order chi connectivity index (χ1) is 18.9. The third-order valence-corrected chi connectivity index (χ3v) is 7.21. The lowest BCUT2D eigenvalue weighted by atomic mass is 10.1. The SMILES string of the molecule is CCOc1cc(C=C2SC(=Nc3cccc(C(=O)O)c3)N(C)C2=O)ccc1OCc1cccc2ccccc12. The van der Waals surface area contributed by atoms with Crippen molar-refractivity contribution in [2.45, 2.75) is 13.5 Å². The average Bonchev–Trinajstić information content (AvgIpc) is 3.20. The largest absolute Gasteiger partial charge is 0.490 e. The second-order valence-corrected chi connectivity index (χ2v) is 9.80. The number of aromatic carboxylic acids is 1. The first kappa shape index (κ1) is 26.1. The summed E-state index contributed by atoms with van der Waals surface area (Å²) in [5.74, 6) is -0.0107. The molecule has 1 saturated heterocycles. The zero-order chi connectivity index (χ0) is 27.4. The highest BCUT2D eigenvalue weighted by molar-refractivity contribution is 8.18. The predicted molar refractivity (Wildman–Crippen MR) is 155 cm³/mol. The molecular formula is C31H26N2O5S. The molecule has 1 aliphatic heterocycles. The Labute approximate surface area is 230 Å². The number of thioether (sulfide) groups is 1. The van der Waals surface area contributed by atoms with Crippen molar-refractivity contribution < 1.29 is 24.2 Å². The summed E-state index contributed by atoms with van der Waals surface area (Å²) in [4.78, 5) is 30.7. The summed E-state index contributed by atoms with van der Waals surface area (Å²) < 4.78 is 12.0. The molecule has 0 radical (unpaired) electrons. The van der Waals surface area contributed by atoms with Crippen LogP contribution < -0.4 is 9.47 Å². The van der Waals surface area contributed by atoms with Crippen LogP contribution >= 0.6 is 11.8 Å². The maximum atomic E-state index is 12.9. The molecule has 0 spiro atoms. The molecule has 1 heterocycles. The molecule has 1 N–H and O–H groups in total. The van der Waals surface area contributed by atoms with Gasteiger partial charge < -0.3 is 14.6 Å². The van der Waals surface area contributed by atoms with Gasteiger partial charge in [0.05, 0.1) is 22.8 Å². The number of fused-ring (bicyclic) bond motifs is 1. The van der Waals surface area contributed by atoms with E-state index in [0.717, 1.165) is 21.9 Å². The Bertz CT molecular complexity index is 1620. The van der Waals surface area contributed by atoms with Gasteiger partial charge in [0.1, 0.15) is 6.61 Å². The van der Waals surface area contributed by atoms with E-state index in [2.05, 4.69) is 29.3 Å². The average molecular weight is 539 g/mol. The van der Waals surface area contributed by atoms with Crippen molar-refractivity contribution in [1.82, 2.24) is 4.90 Å². The van der Waals surface area contributed by atoms with E-state index < -0.39 is 5.97 Å². The number of benzene rings is 4. The lowest BCUT2D eigenvalue weighted by Crippen LogP contribution is -2.23. The van der Waals surface area contributed by atoms with Gasteiger partial charge in [-0.25, -0.2) is 9.79 Å². The van der Waals surface area contributed by atoms with Crippen LogP contribution in [-0.4, -0.2) is 40.7 Å². The number of carbonyl (C=O) groups is 2. The summed E-state index contributed by atoms with van der Waals surface area (Å²) in [6, 6.07) is 26.2. The van der Waals surface area contributed by atoms with E-state index in [9.17, 15) is 14.7 Å². The Hall–Kier alpha value is -4.56. The van der Waals surface area contributed by atoms with E-state index >= 15 is 0 Å². The van der Waals surface area contributed by atoms with Crippen LogP contribution in [-0.2, 0) is 11.4 Å². The number of amidine groups is 1. The van der Waals surface area contributed by atoms with E-state index in [4.69, 9.17) is 9.47 Å². The topological polar surface area (TPSA) is 88.4 Å². The summed E-state index contributed by atoms with van der Waals surface area (Å²) in [5, 5.41) is 12.0. The zero-order valence-corrected chi connectivity index (χ0v) is 22.3. The van der Waals surface area contributed by atoms with Gasteiger partial charge in [0.25, 0.3) is 5.91 Å². The zero-order valence-electron chi connectivity index (χ0n) is 21.5. The Kier molecular flexibility index (Phi) is 7.65. The third kappa shape index (κ3) is 5.81. The van der Waals surface area contributed by atoms with Crippen LogP contribution in [0.2, 0.25) is 0 Å². The molecule has 8 heteroatoms. The Morgan fingerprint density at radius 1 is 0.974 bits per heavy atom. The standard InChI is InChI=1S/C31H26N2O5S/c1-3-37-27-16-20(14-15-26(27)38-19-23-11-6-9-21-8-4-5-13-25(21)23)17-28-29(34)33(2)31(39-28)32-24-12-7-10-22(18-24)30(35)36/h4-18H,3,19H2,1-2H3,(H,35,36). The first-order valence-electron chi connectivity index (χ1n) is 12.4. The molecule has 0 atom stereocenters. The van der Waals surface area contributed by atoms with Gasteiger partial charge >= 0.3 is 5.97 Å². The summed E-state index contributed by atoms with van der Waals surface area (Å²) in [5.41, 5.74) is 2.47. The van der Waals surface area contributed by atoms with Crippen molar-refractivity contribution in [3.05, 3.63) is 107 Å². The fourth-order valence-corrected chi connectivity index (χ4v) is 5.18. The molecular weight excluding hydrogens is 512 g/mol. The van der Waals surface area contributed by atoms with Crippen LogP contribution in [0.1, 0.15) is 28.4 Å². The van der Waals surface area contributed by atoms with E-state index in [-0.39, 0.29) is 11.5 Å². The number of rotatable bonds is 8. The number of hydrogen-bond donors (Lipinski definition) is 1. The number of carbonyl (C=O) groups excluding carboxylic acids is 1. The van der Waals surface area contributed by atoms with Gasteiger partial charge in [-0.1, -0.05) is 54.6 Å². The smallest absolute Gasteiger partial charge is 0.335 e. The van der Waals surface area contributed by atoms with E-state index in [1.807, 2.05) is 43.3 Å². The molecule has 39 heavy (non-hydrogen) atoms. The molecule has 4 aromatic rings. The summed E-state index contributed by atoms with van der Waals surface area (Å²) in [6.45, 7) is 2.77.